The summed E-state index contributed by atoms with van der Waals surface area (Å²) in [5, 5.41) is 11.0. The van der Waals surface area contributed by atoms with Crippen LogP contribution < -0.4 is 14.7 Å². The third kappa shape index (κ3) is 6.42. The van der Waals surface area contributed by atoms with E-state index in [4.69, 9.17) is 4.74 Å². The number of alkyl halides is 3. The Kier molecular flexibility index (Phi) is 7.82. The average Bonchev–Trinajstić information content (AvgIpc) is 2.75. The van der Waals surface area contributed by atoms with Crippen molar-refractivity contribution >= 4 is 17.2 Å². The van der Waals surface area contributed by atoms with Crippen LogP contribution in [0.4, 0.5) is 18.9 Å². The molecule has 0 radical (unpaired) electrons. The third-order valence-corrected chi connectivity index (χ3v) is 6.25. The van der Waals surface area contributed by atoms with Gasteiger partial charge >= 0.3 is 6.18 Å². The molecule has 2 aliphatic rings. The molecular weight excluding hydrogens is 467 g/mol. The molecule has 0 unspecified atom stereocenters. The lowest BCUT2D eigenvalue weighted by Crippen LogP contribution is -2.54. The van der Waals surface area contributed by atoms with Gasteiger partial charge in [0.15, 0.2) is 0 Å². The lowest BCUT2D eigenvalue weighted by molar-refractivity contribution is -0.312. The summed E-state index contributed by atoms with van der Waals surface area (Å²) in [5.41, 5.74) is 2.21. The standard InChI is InChI=1S/C24H24F3NO3.C5H12/c1-3-23(4-2)12-20(19-9-8-17(24(25,26)27)11-21(19)31-23)15-6-5-7-18(10-15)28-13-16(14-28)22(29)30;1-5(2,3)4/h5-12,16H,3-4,13-14H2,1-2H3,(H,29,30);1-4H3/p-1. The van der Waals surface area contributed by atoms with Crippen molar-refractivity contribution in [2.24, 2.45) is 11.3 Å². The van der Waals surface area contributed by atoms with Gasteiger partial charge in [0.1, 0.15) is 11.4 Å². The van der Waals surface area contributed by atoms with Crippen LogP contribution in [0, 0.1) is 11.3 Å². The van der Waals surface area contributed by atoms with E-state index in [2.05, 4.69) is 27.7 Å². The van der Waals surface area contributed by atoms with E-state index in [9.17, 15) is 23.1 Å². The SMILES string of the molecule is CC(C)(C)C.CCC1(CC)C=C(c2cccc(N3CC(C(=O)[O-])C3)c2)c2ccc(C(F)(F)F)cc2O1. The van der Waals surface area contributed by atoms with E-state index in [1.165, 1.54) is 6.07 Å². The smallest absolute Gasteiger partial charge is 0.416 e. The highest BCUT2D eigenvalue weighted by Crippen LogP contribution is 2.45. The number of anilines is 1. The summed E-state index contributed by atoms with van der Waals surface area (Å²) in [7, 11) is 0. The molecule has 4 rings (SSSR count). The summed E-state index contributed by atoms with van der Waals surface area (Å²) >= 11 is 0. The fourth-order valence-electron chi connectivity index (χ4n) is 4.14. The second-order valence-corrected chi connectivity index (χ2v) is 11.1. The molecule has 0 atom stereocenters. The first kappa shape index (κ1) is 27.6. The maximum atomic E-state index is 13.3. The topological polar surface area (TPSA) is 52.6 Å². The van der Waals surface area contributed by atoms with Gasteiger partial charge in [-0.05, 0) is 59.7 Å². The van der Waals surface area contributed by atoms with Crippen molar-refractivity contribution in [3.63, 3.8) is 0 Å². The van der Waals surface area contributed by atoms with Crippen molar-refractivity contribution in [1.82, 2.24) is 0 Å². The van der Waals surface area contributed by atoms with E-state index in [1.54, 1.807) is 0 Å². The molecule has 0 bridgehead atoms. The molecule has 36 heavy (non-hydrogen) atoms. The Balaban J connectivity index is 0.000000658. The number of benzene rings is 2. The fourth-order valence-corrected chi connectivity index (χ4v) is 4.14. The minimum absolute atomic E-state index is 0.224. The van der Waals surface area contributed by atoms with Gasteiger partial charge in [-0.25, -0.2) is 0 Å². The number of carboxylic acid groups (broad SMARTS) is 1. The quantitative estimate of drug-likeness (QED) is 0.480. The fraction of sp³-hybridized carbons (Fsp3) is 0.483. The lowest BCUT2D eigenvalue weighted by atomic mass is 9.85. The zero-order chi connectivity index (χ0) is 26.9. The van der Waals surface area contributed by atoms with E-state index in [0.29, 0.717) is 36.9 Å². The van der Waals surface area contributed by atoms with Gasteiger partial charge in [-0.3, -0.25) is 0 Å². The average molecular weight is 503 g/mol. The number of hydrogen-bond acceptors (Lipinski definition) is 4. The number of hydrogen-bond donors (Lipinski definition) is 0. The van der Waals surface area contributed by atoms with Crippen LogP contribution in [0.1, 0.15) is 71.1 Å². The van der Waals surface area contributed by atoms with Crippen LogP contribution in [0.5, 0.6) is 5.75 Å². The Hall–Kier alpha value is -2.96. The molecular formula is C29H35F3NO3-. The Labute approximate surface area is 211 Å². The van der Waals surface area contributed by atoms with Crippen molar-refractivity contribution in [1.29, 1.82) is 0 Å². The Morgan fingerprint density at radius 3 is 2.19 bits per heavy atom. The minimum atomic E-state index is -4.45. The summed E-state index contributed by atoms with van der Waals surface area (Å²) in [6.45, 7) is 13.4. The molecule has 0 saturated carbocycles. The molecule has 2 aliphatic heterocycles. The molecule has 0 N–H and O–H groups in total. The van der Waals surface area contributed by atoms with Crippen LogP contribution in [-0.4, -0.2) is 24.7 Å². The number of aliphatic carboxylic acids is 1. The summed E-state index contributed by atoms with van der Waals surface area (Å²) in [6, 6.07) is 11.2. The molecule has 4 nitrogen and oxygen atoms in total. The van der Waals surface area contributed by atoms with Gasteiger partial charge < -0.3 is 19.5 Å². The summed E-state index contributed by atoms with van der Waals surface area (Å²) in [6.07, 6.45) is -1.22. The van der Waals surface area contributed by atoms with Crippen LogP contribution in [0.25, 0.3) is 5.57 Å². The molecule has 2 aromatic rings. The molecule has 0 spiro atoms. The molecule has 1 fully saturated rings. The zero-order valence-electron chi connectivity index (χ0n) is 21.8. The predicted molar refractivity (Wildman–Crippen MR) is 135 cm³/mol. The van der Waals surface area contributed by atoms with E-state index in [-0.39, 0.29) is 5.75 Å². The molecule has 196 valence electrons. The van der Waals surface area contributed by atoms with Gasteiger partial charge in [0.2, 0.25) is 0 Å². The first-order valence-electron chi connectivity index (χ1n) is 12.4. The summed E-state index contributed by atoms with van der Waals surface area (Å²) in [5.74, 6) is -1.31. The van der Waals surface area contributed by atoms with Crippen molar-refractivity contribution in [2.45, 2.75) is 66.2 Å². The number of fused-ring (bicyclic) bond motifs is 1. The van der Waals surface area contributed by atoms with E-state index in [0.717, 1.165) is 29.0 Å². The van der Waals surface area contributed by atoms with Crippen LogP contribution in [0.2, 0.25) is 0 Å². The van der Waals surface area contributed by atoms with E-state index < -0.39 is 29.2 Å². The maximum Gasteiger partial charge on any atom is 0.416 e. The number of halogens is 3. The largest absolute Gasteiger partial charge is 0.550 e. The highest BCUT2D eigenvalue weighted by atomic mass is 19.4. The van der Waals surface area contributed by atoms with Crippen LogP contribution in [0.3, 0.4) is 0 Å². The van der Waals surface area contributed by atoms with Gasteiger partial charge in [0, 0.05) is 36.2 Å². The number of carbonyl (C=O) groups excluding carboxylic acids is 1. The maximum absolute atomic E-state index is 13.3. The van der Waals surface area contributed by atoms with E-state index >= 15 is 0 Å². The van der Waals surface area contributed by atoms with Crippen molar-refractivity contribution in [3.05, 3.63) is 65.2 Å². The normalized spacial score (nSPS) is 17.1. The number of carbonyl (C=O) groups is 1. The van der Waals surface area contributed by atoms with Crippen molar-refractivity contribution in [3.8, 4) is 5.75 Å². The lowest BCUT2D eigenvalue weighted by Gasteiger charge is -2.41. The molecule has 2 aromatic carbocycles. The monoisotopic (exact) mass is 502 g/mol. The van der Waals surface area contributed by atoms with Gasteiger partial charge in [0.05, 0.1) is 5.56 Å². The first-order valence-corrected chi connectivity index (χ1v) is 12.4. The molecule has 0 amide bonds. The molecule has 2 heterocycles. The Bertz CT molecular complexity index is 1120. The molecule has 1 saturated heterocycles. The Morgan fingerprint density at radius 1 is 1.06 bits per heavy atom. The molecule has 7 heteroatoms. The zero-order valence-corrected chi connectivity index (χ0v) is 21.8. The predicted octanol–water partition coefficient (Wildman–Crippen LogP) is 6.33. The highest BCUT2D eigenvalue weighted by molar-refractivity contribution is 5.86. The number of rotatable bonds is 5. The highest BCUT2D eigenvalue weighted by Gasteiger charge is 2.37. The Morgan fingerprint density at radius 2 is 1.67 bits per heavy atom. The van der Waals surface area contributed by atoms with Crippen LogP contribution >= 0.6 is 0 Å². The molecule has 0 aliphatic carbocycles. The van der Waals surface area contributed by atoms with Gasteiger partial charge in [0.25, 0.3) is 0 Å². The van der Waals surface area contributed by atoms with Gasteiger partial charge in [-0.15, -0.1) is 0 Å². The van der Waals surface area contributed by atoms with Gasteiger partial charge in [-0.1, -0.05) is 59.7 Å². The van der Waals surface area contributed by atoms with Crippen LogP contribution in [0.15, 0.2) is 48.5 Å². The second-order valence-electron chi connectivity index (χ2n) is 11.1. The molecule has 0 aromatic heterocycles. The van der Waals surface area contributed by atoms with E-state index in [1.807, 2.05) is 49.1 Å². The minimum Gasteiger partial charge on any atom is -0.550 e. The van der Waals surface area contributed by atoms with Crippen molar-refractivity contribution in [2.75, 3.05) is 18.0 Å². The first-order chi connectivity index (χ1) is 16.7. The van der Waals surface area contributed by atoms with Crippen LogP contribution in [-0.2, 0) is 11.0 Å². The van der Waals surface area contributed by atoms with Gasteiger partial charge in [-0.2, -0.15) is 13.2 Å². The third-order valence-electron chi connectivity index (χ3n) is 6.25. The number of carboxylic acids is 1. The summed E-state index contributed by atoms with van der Waals surface area (Å²) in [4.78, 5) is 13.0. The second kappa shape index (κ2) is 10.2. The number of ether oxygens (including phenoxy) is 1. The summed E-state index contributed by atoms with van der Waals surface area (Å²) < 4.78 is 46.0. The number of nitrogens with zero attached hydrogens (tertiary/aromatic N) is 1. The van der Waals surface area contributed by atoms with Crippen molar-refractivity contribution < 1.29 is 27.8 Å².